The van der Waals surface area contributed by atoms with Crippen molar-refractivity contribution < 1.29 is 9.21 Å². The molecule has 0 spiro atoms. The fourth-order valence-electron chi connectivity index (χ4n) is 3.36. The molecule has 1 aromatic carbocycles. The van der Waals surface area contributed by atoms with E-state index in [-0.39, 0.29) is 35.9 Å². The summed E-state index contributed by atoms with van der Waals surface area (Å²) in [4.78, 5) is 23.6. The van der Waals surface area contributed by atoms with Gasteiger partial charge in [-0.05, 0) is 38.1 Å². The zero-order chi connectivity index (χ0) is 20.6. The maximum absolute atomic E-state index is 12.5. The molecule has 1 amide bonds. The third kappa shape index (κ3) is 6.13. The van der Waals surface area contributed by atoms with Gasteiger partial charge >= 0.3 is 0 Å². The molecule has 30 heavy (non-hydrogen) atoms. The van der Waals surface area contributed by atoms with Crippen LogP contribution in [0, 0.1) is 0 Å². The van der Waals surface area contributed by atoms with E-state index in [9.17, 15) is 4.79 Å². The number of hydrogen-bond donors (Lipinski definition) is 1. The first-order chi connectivity index (χ1) is 14.1. The number of carbonyl (C=O) groups excluding carboxylic acids is 1. The van der Waals surface area contributed by atoms with Gasteiger partial charge in [-0.25, -0.2) is 0 Å². The molecule has 1 fully saturated rings. The van der Waals surface area contributed by atoms with Crippen molar-refractivity contribution in [2.75, 3.05) is 51.2 Å². The summed E-state index contributed by atoms with van der Waals surface area (Å²) in [7, 11) is 2.10. The van der Waals surface area contributed by atoms with Gasteiger partial charge in [0, 0.05) is 51.5 Å². The molecule has 2 aromatic rings. The number of guanidine groups is 1. The number of anilines is 1. The van der Waals surface area contributed by atoms with Gasteiger partial charge in [-0.15, -0.1) is 24.0 Å². The van der Waals surface area contributed by atoms with Crippen LogP contribution in [-0.2, 0) is 0 Å². The van der Waals surface area contributed by atoms with Crippen LogP contribution in [0.15, 0.2) is 58.1 Å². The number of halogens is 1. The van der Waals surface area contributed by atoms with E-state index in [4.69, 9.17) is 9.41 Å². The second kappa shape index (κ2) is 11.8. The van der Waals surface area contributed by atoms with Gasteiger partial charge in [-0.2, -0.15) is 0 Å². The van der Waals surface area contributed by atoms with Crippen molar-refractivity contribution in [3.05, 3.63) is 54.5 Å². The van der Waals surface area contributed by atoms with Crippen LogP contribution in [0.1, 0.15) is 24.4 Å². The Morgan fingerprint density at radius 1 is 1.13 bits per heavy atom. The monoisotopic (exact) mass is 525 g/mol. The summed E-state index contributed by atoms with van der Waals surface area (Å²) in [5.74, 6) is 1.26. The van der Waals surface area contributed by atoms with E-state index < -0.39 is 0 Å². The SMILES string of the molecule is CCNC(=NCC(C)N(C)c1ccccc1)N1CCN(C(=O)c2ccco2)CC1.I. The van der Waals surface area contributed by atoms with Crippen molar-refractivity contribution in [3.63, 3.8) is 0 Å². The Bertz CT molecular complexity index is 789. The molecule has 7 nitrogen and oxygen atoms in total. The number of amides is 1. The average Bonchev–Trinajstić information content (AvgIpc) is 3.31. The normalized spacial score (nSPS) is 15.4. The van der Waals surface area contributed by atoms with Gasteiger partial charge in [0.25, 0.3) is 5.91 Å². The van der Waals surface area contributed by atoms with Crippen LogP contribution in [0.5, 0.6) is 0 Å². The van der Waals surface area contributed by atoms with Gasteiger partial charge < -0.3 is 24.4 Å². The third-order valence-electron chi connectivity index (χ3n) is 5.26. The molecule has 1 aliphatic heterocycles. The van der Waals surface area contributed by atoms with Crippen LogP contribution in [0.2, 0.25) is 0 Å². The summed E-state index contributed by atoms with van der Waals surface area (Å²) in [6.45, 7) is 8.58. The lowest BCUT2D eigenvalue weighted by Gasteiger charge is -2.36. The molecule has 1 aliphatic rings. The topological polar surface area (TPSA) is 64.3 Å². The molecule has 1 aromatic heterocycles. The molecular weight excluding hydrogens is 493 g/mol. The first-order valence-electron chi connectivity index (χ1n) is 10.2. The number of nitrogens with one attached hydrogen (secondary N) is 1. The molecule has 0 radical (unpaired) electrons. The first-order valence-corrected chi connectivity index (χ1v) is 10.2. The van der Waals surface area contributed by atoms with Gasteiger partial charge in [0.05, 0.1) is 12.8 Å². The van der Waals surface area contributed by atoms with Gasteiger partial charge in [-0.3, -0.25) is 9.79 Å². The third-order valence-corrected chi connectivity index (χ3v) is 5.26. The second-order valence-electron chi connectivity index (χ2n) is 7.25. The Morgan fingerprint density at radius 2 is 1.80 bits per heavy atom. The Morgan fingerprint density at radius 3 is 2.40 bits per heavy atom. The van der Waals surface area contributed by atoms with Gasteiger partial charge in [0.1, 0.15) is 0 Å². The van der Waals surface area contributed by atoms with Crippen LogP contribution in [0.3, 0.4) is 0 Å². The molecule has 0 bridgehead atoms. The number of rotatable bonds is 6. The highest BCUT2D eigenvalue weighted by molar-refractivity contribution is 14.0. The summed E-state index contributed by atoms with van der Waals surface area (Å²) in [5, 5.41) is 3.39. The fraction of sp³-hybridized carbons (Fsp3) is 0.455. The van der Waals surface area contributed by atoms with Crippen molar-refractivity contribution in [1.82, 2.24) is 15.1 Å². The van der Waals surface area contributed by atoms with Crippen LogP contribution < -0.4 is 10.2 Å². The average molecular weight is 525 g/mol. The highest BCUT2D eigenvalue weighted by atomic mass is 127. The minimum atomic E-state index is -0.0466. The highest BCUT2D eigenvalue weighted by Crippen LogP contribution is 2.14. The second-order valence-corrected chi connectivity index (χ2v) is 7.25. The lowest BCUT2D eigenvalue weighted by Crippen LogP contribution is -2.54. The molecule has 3 rings (SSSR count). The predicted molar refractivity (Wildman–Crippen MR) is 132 cm³/mol. The zero-order valence-corrected chi connectivity index (χ0v) is 20.3. The maximum Gasteiger partial charge on any atom is 0.289 e. The Hall–Kier alpha value is -2.23. The van der Waals surface area contributed by atoms with Gasteiger partial charge in [0.2, 0.25) is 0 Å². The molecule has 1 unspecified atom stereocenters. The van der Waals surface area contributed by atoms with Crippen molar-refractivity contribution in [1.29, 1.82) is 0 Å². The molecule has 1 atom stereocenters. The van der Waals surface area contributed by atoms with E-state index in [1.165, 1.54) is 12.0 Å². The molecule has 8 heteroatoms. The smallest absolute Gasteiger partial charge is 0.289 e. The van der Waals surface area contributed by atoms with E-state index >= 15 is 0 Å². The van der Waals surface area contributed by atoms with Crippen LogP contribution in [-0.4, -0.2) is 74.0 Å². The standard InChI is InChI=1S/C22H31N5O2.HI/c1-4-23-22(24-17-18(2)25(3)19-9-6-5-7-10-19)27-14-12-26(13-15-27)21(28)20-11-8-16-29-20;/h5-11,16,18H,4,12-15,17H2,1-3H3,(H,23,24);1H. The number of carbonyl (C=O) groups is 1. The number of furan rings is 1. The van der Waals surface area contributed by atoms with Crippen LogP contribution in [0.4, 0.5) is 5.69 Å². The molecule has 164 valence electrons. The van der Waals surface area contributed by atoms with Crippen LogP contribution in [0.25, 0.3) is 0 Å². The predicted octanol–water partition coefficient (Wildman–Crippen LogP) is 3.15. The van der Waals surface area contributed by atoms with E-state index in [0.717, 1.165) is 25.6 Å². The Kier molecular flexibility index (Phi) is 9.48. The van der Waals surface area contributed by atoms with E-state index in [0.29, 0.717) is 25.4 Å². The molecular formula is C22H32IN5O2. The van der Waals surface area contributed by atoms with Crippen molar-refractivity contribution in [3.8, 4) is 0 Å². The number of aliphatic imine (C=N–C) groups is 1. The lowest BCUT2D eigenvalue weighted by atomic mass is 10.2. The molecule has 2 heterocycles. The summed E-state index contributed by atoms with van der Waals surface area (Å²) in [5.41, 5.74) is 1.19. The van der Waals surface area contributed by atoms with E-state index in [1.807, 2.05) is 11.0 Å². The zero-order valence-electron chi connectivity index (χ0n) is 18.0. The number of likely N-dealkylation sites (N-methyl/N-ethyl adjacent to an activating group) is 1. The fourth-order valence-corrected chi connectivity index (χ4v) is 3.36. The highest BCUT2D eigenvalue weighted by Gasteiger charge is 2.25. The Labute approximate surface area is 196 Å². The van der Waals surface area contributed by atoms with Crippen molar-refractivity contribution in [2.45, 2.75) is 19.9 Å². The van der Waals surface area contributed by atoms with E-state index in [1.54, 1.807) is 12.1 Å². The minimum absolute atomic E-state index is 0. The van der Waals surface area contributed by atoms with Gasteiger partial charge in [-0.1, -0.05) is 18.2 Å². The van der Waals surface area contributed by atoms with Gasteiger partial charge in [0.15, 0.2) is 11.7 Å². The van der Waals surface area contributed by atoms with Crippen molar-refractivity contribution >= 4 is 41.5 Å². The summed E-state index contributed by atoms with van der Waals surface area (Å²) in [6, 6.07) is 14.1. The summed E-state index contributed by atoms with van der Waals surface area (Å²) < 4.78 is 5.24. The number of piperazine rings is 1. The summed E-state index contributed by atoms with van der Waals surface area (Å²) >= 11 is 0. The lowest BCUT2D eigenvalue weighted by molar-refractivity contribution is 0.0657. The molecule has 1 saturated heterocycles. The molecule has 0 saturated carbocycles. The van der Waals surface area contributed by atoms with E-state index in [2.05, 4.69) is 60.3 Å². The number of hydrogen-bond acceptors (Lipinski definition) is 4. The first kappa shape index (κ1) is 24.0. The number of benzene rings is 1. The minimum Gasteiger partial charge on any atom is -0.459 e. The molecule has 1 N–H and O–H groups in total. The maximum atomic E-state index is 12.5. The number of para-hydroxylation sites is 1. The quantitative estimate of drug-likeness (QED) is 0.357. The summed E-state index contributed by atoms with van der Waals surface area (Å²) in [6.07, 6.45) is 1.53. The number of nitrogens with zero attached hydrogens (tertiary/aromatic N) is 4. The molecule has 0 aliphatic carbocycles. The van der Waals surface area contributed by atoms with Crippen molar-refractivity contribution in [2.24, 2.45) is 4.99 Å². The largest absolute Gasteiger partial charge is 0.459 e. The van der Waals surface area contributed by atoms with Crippen LogP contribution >= 0.6 is 24.0 Å². The Balaban J connectivity index is 0.00000320.